The van der Waals surface area contributed by atoms with Crippen LogP contribution in [0.25, 0.3) is 5.57 Å². The molecule has 0 amide bonds. The molecule has 0 aliphatic rings. The van der Waals surface area contributed by atoms with E-state index in [9.17, 15) is 0 Å². The van der Waals surface area contributed by atoms with Crippen LogP contribution in [0.15, 0.2) is 55.1 Å². The minimum Gasteiger partial charge on any atom is -0.119 e. The van der Waals surface area contributed by atoms with Gasteiger partial charge in [0.1, 0.15) is 0 Å². The highest BCUT2D eigenvalue weighted by Gasteiger charge is 2.10. The van der Waals surface area contributed by atoms with Crippen LogP contribution in [0.1, 0.15) is 35.1 Å². The van der Waals surface area contributed by atoms with Crippen LogP contribution in [0.5, 0.6) is 0 Å². The second-order valence-electron chi connectivity index (χ2n) is 4.91. The SMILES string of the molecule is C#CC(c1ccc(C)cc1)c1ccc(C(=C)C)cc1. The Morgan fingerprint density at radius 3 is 1.89 bits per heavy atom. The molecule has 0 bridgehead atoms. The summed E-state index contributed by atoms with van der Waals surface area (Å²) >= 11 is 0. The molecule has 0 nitrogen and oxygen atoms in total. The number of terminal acetylenes is 1. The Morgan fingerprint density at radius 1 is 1.00 bits per heavy atom. The van der Waals surface area contributed by atoms with Gasteiger partial charge in [-0.3, -0.25) is 0 Å². The summed E-state index contributed by atoms with van der Waals surface area (Å²) in [7, 11) is 0. The van der Waals surface area contributed by atoms with Crippen molar-refractivity contribution in [3.8, 4) is 12.3 Å². The van der Waals surface area contributed by atoms with Crippen LogP contribution in [-0.2, 0) is 0 Å². The van der Waals surface area contributed by atoms with E-state index in [1.165, 1.54) is 5.56 Å². The lowest BCUT2D eigenvalue weighted by Gasteiger charge is -2.13. The van der Waals surface area contributed by atoms with E-state index in [0.29, 0.717) is 0 Å². The third-order valence-electron chi connectivity index (χ3n) is 3.31. The van der Waals surface area contributed by atoms with E-state index in [1.807, 2.05) is 6.92 Å². The molecule has 0 spiro atoms. The summed E-state index contributed by atoms with van der Waals surface area (Å²) in [5.74, 6) is 2.89. The number of allylic oxidation sites excluding steroid dienone is 1. The largest absolute Gasteiger partial charge is 0.119 e. The van der Waals surface area contributed by atoms with Gasteiger partial charge >= 0.3 is 0 Å². The topological polar surface area (TPSA) is 0 Å². The van der Waals surface area contributed by atoms with Gasteiger partial charge in [-0.15, -0.1) is 6.42 Å². The average Bonchev–Trinajstić information content (AvgIpc) is 2.42. The highest BCUT2D eigenvalue weighted by molar-refractivity contribution is 5.61. The zero-order chi connectivity index (χ0) is 13.8. The molecule has 2 rings (SSSR count). The van der Waals surface area contributed by atoms with Crippen molar-refractivity contribution in [3.05, 3.63) is 77.4 Å². The summed E-state index contributed by atoms with van der Waals surface area (Å²) < 4.78 is 0. The third kappa shape index (κ3) is 2.95. The fourth-order valence-corrected chi connectivity index (χ4v) is 2.10. The van der Waals surface area contributed by atoms with Gasteiger partial charge in [-0.1, -0.05) is 72.2 Å². The zero-order valence-electron chi connectivity index (χ0n) is 11.5. The highest BCUT2D eigenvalue weighted by Crippen LogP contribution is 2.25. The number of benzene rings is 2. The normalized spacial score (nSPS) is 11.6. The van der Waals surface area contributed by atoms with Gasteiger partial charge in [-0.05, 0) is 30.5 Å². The van der Waals surface area contributed by atoms with E-state index in [0.717, 1.165) is 22.3 Å². The van der Waals surface area contributed by atoms with Crippen LogP contribution in [0.3, 0.4) is 0 Å². The Kier molecular flexibility index (Phi) is 3.88. The Hall–Kier alpha value is -2.26. The van der Waals surface area contributed by atoms with Crippen molar-refractivity contribution in [3.63, 3.8) is 0 Å². The number of hydrogen-bond acceptors (Lipinski definition) is 0. The minimum absolute atomic E-state index is 0.0137. The van der Waals surface area contributed by atoms with Gasteiger partial charge in [-0.25, -0.2) is 0 Å². The van der Waals surface area contributed by atoms with Crippen molar-refractivity contribution in [2.45, 2.75) is 19.8 Å². The van der Waals surface area contributed by atoms with Crippen molar-refractivity contribution < 1.29 is 0 Å². The first-order valence-corrected chi connectivity index (χ1v) is 6.40. The van der Waals surface area contributed by atoms with Crippen molar-refractivity contribution in [2.75, 3.05) is 0 Å². The molecule has 2 aromatic carbocycles. The van der Waals surface area contributed by atoms with E-state index in [4.69, 9.17) is 6.42 Å². The van der Waals surface area contributed by atoms with Crippen molar-refractivity contribution >= 4 is 5.57 Å². The van der Waals surface area contributed by atoms with Gasteiger partial charge < -0.3 is 0 Å². The molecule has 0 heteroatoms. The van der Waals surface area contributed by atoms with Gasteiger partial charge in [0.2, 0.25) is 0 Å². The van der Waals surface area contributed by atoms with Crippen molar-refractivity contribution in [1.29, 1.82) is 0 Å². The smallest absolute Gasteiger partial charge is 0.0699 e. The molecule has 0 aromatic heterocycles. The molecule has 0 saturated heterocycles. The fourth-order valence-electron chi connectivity index (χ4n) is 2.10. The predicted molar refractivity (Wildman–Crippen MR) is 83.0 cm³/mol. The number of aryl methyl sites for hydroxylation is 1. The van der Waals surface area contributed by atoms with Gasteiger partial charge in [0.05, 0.1) is 5.92 Å². The molecule has 0 saturated carbocycles. The van der Waals surface area contributed by atoms with E-state index in [-0.39, 0.29) is 5.92 Å². The summed E-state index contributed by atoms with van der Waals surface area (Å²) in [6.45, 7) is 8.03. The standard InChI is InChI=1S/C19H18/c1-5-19(17-8-6-15(4)7-9-17)18-12-10-16(11-13-18)14(2)3/h1,6-13,19H,2H2,3-4H3. The lowest BCUT2D eigenvalue weighted by Crippen LogP contribution is -1.98. The molecule has 0 N–H and O–H groups in total. The van der Waals surface area contributed by atoms with E-state index < -0.39 is 0 Å². The summed E-state index contributed by atoms with van der Waals surface area (Å²) in [6, 6.07) is 16.7. The minimum atomic E-state index is 0.0137. The lowest BCUT2D eigenvalue weighted by atomic mass is 9.90. The second-order valence-corrected chi connectivity index (χ2v) is 4.91. The van der Waals surface area contributed by atoms with Crippen LogP contribution in [-0.4, -0.2) is 0 Å². The molecule has 0 aliphatic heterocycles. The molecule has 94 valence electrons. The van der Waals surface area contributed by atoms with Crippen molar-refractivity contribution in [2.24, 2.45) is 0 Å². The van der Waals surface area contributed by atoms with Crippen LogP contribution < -0.4 is 0 Å². The summed E-state index contributed by atoms with van der Waals surface area (Å²) in [4.78, 5) is 0. The fraction of sp³-hybridized carbons (Fsp3) is 0.158. The van der Waals surface area contributed by atoms with Crippen LogP contribution in [0.2, 0.25) is 0 Å². The molecule has 0 radical (unpaired) electrons. The van der Waals surface area contributed by atoms with Gasteiger partial charge in [0.15, 0.2) is 0 Å². The summed E-state index contributed by atoms with van der Waals surface area (Å²) in [5.41, 5.74) is 5.78. The lowest BCUT2D eigenvalue weighted by molar-refractivity contribution is 1.06. The Morgan fingerprint density at radius 2 is 1.47 bits per heavy atom. The number of hydrogen-bond donors (Lipinski definition) is 0. The third-order valence-corrected chi connectivity index (χ3v) is 3.31. The Balaban J connectivity index is 2.35. The molecular formula is C19H18. The molecular weight excluding hydrogens is 228 g/mol. The predicted octanol–water partition coefficient (Wildman–Crippen LogP) is 4.79. The van der Waals surface area contributed by atoms with E-state index in [2.05, 4.69) is 68.0 Å². The number of rotatable bonds is 3. The molecule has 1 unspecified atom stereocenters. The van der Waals surface area contributed by atoms with Crippen molar-refractivity contribution in [1.82, 2.24) is 0 Å². The molecule has 2 aromatic rings. The highest BCUT2D eigenvalue weighted by atomic mass is 14.1. The summed E-state index contributed by atoms with van der Waals surface area (Å²) in [5, 5.41) is 0. The molecule has 0 heterocycles. The monoisotopic (exact) mass is 246 g/mol. The Bertz CT molecular complexity index is 607. The molecule has 0 fully saturated rings. The zero-order valence-corrected chi connectivity index (χ0v) is 11.5. The molecule has 0 aliphatic carbocycles. The maximum Gasteiger partial charge on any atom is 0.0699 e. The van der Waals surface area contributed by atoms with Crippen LogP contribution >= 0.6 is 0 Å². The summed E-state index contributed by atoms with van der Waals surface area (Å²) in [6.07, 6.45) is 5.71. The van der Waals surface area contributed by atoms with Gasteiger partial charge in [-0.2, -0.15) is 0 Å². The van der Waals surface area contributed by atoms with Crippen LogP contribution in [0.4, 0.5) is 0 Å². The molecule has 1 atom stereocenters. The van der Waals surface area contributed by atoms with Gasteiger partial charge in [0.25, 0.3) is 0 Å². The quantitative estimate of drug-likeness (QED) is 0.683. The average molecular weight is 246 g/mol. The first-order valence-electron chi connectivity index (χ1n) is 6.40. The van der Waals surface area contributed by atoms with E-state index in [1.54, 1.807) is 0 Å². The first-order chi connectivity index (χ1) is 9.11. The maximum atomic E-state index is 5.71. The van der Waals surface area contributed by atoms with Gasteiger partial charge in [0, 0.05) is 0 Å². The Labute approximate surface area is 115 Å². The molecule has 19 heavy (non-hydrogen) atoms. The first kappa shape index (κ1) is 13.2. The second kappa shape index (κ2) is 5.59. The van der Waals surface area contributed by atoms with E-state index >= 15 is 0 Å². The van der Waals surface area contributed by atoms with Crippen LogP contribution in [0, 0.1) is 19.3 Å². The maximum absolute atomic E-state index is 5.71.